The van der Waals surface area contributed by atoms with Gasteiger partial charge >= 0.3 is 0 Å². The maximum atomic E-state index is 4.62. The van der Waals surface area contributed by atoms with Crippen LogP contribution in [0, 0.1) is 6.92 Å². The van der Waals surface area contributed by atoms with Crippen LogP contribution in [0.1, 0.15) is 18.2 Å². The molecule has 120 valence electrons. The third-order valence-electron chi connectivity index (χ3n) is 4.87. The summed E-state index contributed by atoms with van der Waals surface area (Å²) < 4.78 is 4.17. The largest absolute Gasteiger partial charge is 0.315 e. The smallest absolute Gasteiger partial charge is 0.146 e. The molecule has 4 aromatic heterocycles. The maximum absolute atomic E-state index is 4.62. The number of aromatic nitrogens is 5. The van der Waals surface area contributed by atoms with Gasteiger partial charge in [-0.1, -0.05) is 0 Å². The van der Waals surface area contributed by atoms with Crippen molar-refractivity contribution in [2.45, 2.75) is 19.4 Å². The number of fused-ring (bicyclic) bond motifs is 3. The second-order valence-corrected chi connectivity index (χ2v) is 6.42. The predicted octanol–water partition coefficient (Wildman–Crippen LogP) is 2.59. The van der Waals surface area contributed by atoms with Crippen LogP contribution in [0.15, 0.2) is 43.1 Å². The molecule has 5 heterocycles. The number of hydrogen-bond acceptors (Lipinski definition) is 4. The standard InChI is InChI=1S/C18H18N6/c1-12-7-21-18-16-6-13(8-20-17(16)3-5-23(12)18)14-9-22-24(11-14)15-2-4-19-10-15/h3,5-9,11,15,19H,2,4,10H2,1H3/t15-/m0/s1. The topological polar surface area (TPSA) is 60.0 Å². The Balaban J connectivity index is 1.63. The van der Waals surface area contributed by atoms with E-state index >= 15 is 0 Å². The Labute approximate surface area is 139 Å². The quantitative estimate of drug-likeness (QED) is 0.617. The van der Waals surface area contributed by atoms with Crippen LogP contribution in [-0.2, 0) is 0 Å². The Morgan fingerprint density at radius 3 is 3.00 bits per heavy atom. The highest BCUT2D eigenvalue weighted by atomic mass is 15.3. The molecule has 1 atom stereocenters. The van der Waals surface area contributed by atoms with E-state index in [0.29, 0.717) is 6.04 Å². The van der Waals surface area contributed by atoms with Gasteiger partial charge in [0.15, 0.2) is 0 Å². The minimum absolute atomic E-state index is 0.453. The van der Waals surface area contributed by atoms with Gasteiger partial charge < -0.3 is 9.72 Å². The second-order valence-electron chi connectivity index (χ2n) is 6.42. The van der Waals surface area contributed by atoms with Crippen LogP contribution in [0.4, 0.5) is 0 Å². The summed E-state index contributed by atoms with van der Waals surface area (Å²) in [7, 11) is 0. The highest BCUT2D eigenvalue weighted by Crippen LogP contribution is 2.26. The van der Waals surface area contributed by atoms with E-state index in [9.17, 15) is 0 Å². The summed E-state index contributed by atoms with van der Waals surface area (Å²) in [6.45, 7) is 4.11. The average molecular weight is 318 g/mol. The number of rotatable bonds is 2. The minimum Gasteiger partial charge on any atom is -0.315 e. The van der Waals surface area contributed by atoms with E-state index in [0.717, 1.165) is 52.9 Å². The summed E-state index contributed by atoms with van der Waals surface area (Å²) >= 11 is 0. The van der Waals surface area contributed by atoms with Crippen LogP contribution in [0.25, 0.3) is 27.7 Å². The van der Waals surface area contributed by atoms with Gasteiger partial charge in [0.1, 0.15) is 5.65 Å². The molecule has 0 bridgehead atoms. The first-order valence-corrected chi connectivity index (χ1v) is 8.27. The van der Waals surface area contributed by atoms with E-state index in [1.807, 2.05) is 30.9 Å². The summed E-state index contributed by atoms with van der Waals surface area (Å²) in [5, 5.41) is 9.00. The van der Waals surface area contributed by atoms with Crippen molar-refractivity contribution in [3.63, 3.8) is 0 Å². The summed E-state index contributed by atoms with van der Waals surface area (Å²) in [4.78, 5) is 9.16. The normalized spacial score (nSPS) is 18.0. The third-order valence-corrected chi connectivity index (χ3v) is 4.87. The van der Waals surface area contributed by atoms with Gasteiger partial charge in [-0.15, -0.1) is 0 Å². The summed E-state index contributed by atoms with van der Waals surface area (Å²) in [5.41, 5.74) is 5.21. The summed E-state index contributed by atoms with van der Waals surface area (Å²) in [6.07, 6.45) is 11.0. The van der Waals surface area contributed by atoms with Gasteiger partial charge in [0.05, 0.1) is 17.8 Å². The van der Waals surface area contributed by atoms with Crippen LogP contribution < -0.4 is 5.32 Å². The molecule has 0 unspecified atom stereocenters. The molecule has 0 aliphatic carbocycles. The molecule has 0 spiro atoms. The molecule has 5 rings (SSSR count). The van der Waals surface area contributed by atoms with Crippen molar-refractivity contribution < 1.29 is 0 Å². The van der Waals surface area contributed by atoms with Gasteiger partial charge in [0.2, 0.25) is 0 Å². The van der Waals surface area contributed by atoms with Crippen LogP contribution in [0.2, 0.25) is 0 Å². The molecule has 6 heteroatoms. The monoisotopic (exact) mass is 318 g/mol. The van der Waals surface area contributed by atoms with E-state index < -0.39 is 0 Å². The van der Waals surface area contributed by atoms with Crippen LogP contribution in [0.3, 0.4) is 0 Å². The highest BCUT2D eigenvalue weighted by molar-refractivity contribution is 5.94. The first-order valence-electron chi connectivity index (χ1n) is 8.27. The molecule has 1 saturated heterocycles. The van der Waals surface area contributed by atoms with E-state index in [4.69, 9.17) is 0 Å². The van der Waals surface area contributed by atoms with Gasteiger partial charge in [-0.05, 0) is 32.0 Å². The molecule has 1 aliphatic heterocycles. The fourth-order valence-corrected chi connectivity index (χ4v) is 3.48. The Morgan fingerprint density at radius 1 is 1.17 bits per heavy atom. The Morgan fingerprint density at radius 2 is 2.12 bits per heavy atom. The summed E-state index contributed by atoms with van der Waals surface area (Å²) in [5.74, 6) is 0. The summed E-state index contributed by atoms with van der Waals surface area (Å²) in [6, 6.07) is 4.65. The van der Waals surface area contributed by atoms with Gasteiger partial charge in [-0.3, -0.25) is 9.67 Å². The average Bonchev–Trinajstić information content (AvgIpc) is 3.35. The first kappa shape index (κ1) is 13.7. The van der Waals surface area contributed by atoms with Crippen LogP contribution in [-0.4, -0.2) is 37.2 Å². The second kappa shape index (κ2) is 5.14. The van der Waals surface area contributed by atoms with Crippen LogP contribution in [0.5, 0.6) is 0 Å². The lowest BCUT2D eigenvalue weighted by Gasteiger charge is -2.08. The van der Waals surface area contributed by atoms with Crippen molar-refractivity contribution in [1.29, 1.82) is 0 Å². The van der Waals surface area contributed by atoms with Crippen molar-refractivity contribution in [1.82, 2.24) is 29.5 Å². The van der Waals surface area contributed by atoms with E-state index in [-0.39, 0.29) is 0 Å². The minimum atomic E-state index is 0.453. The number of aryl methyl sites for hydroxylation is 1. The van der Waals surface area contributed by atoms with Crippen molar-refractivity contribution >= 4 is 16.6 Å². The Kier molecular flexibility index (Phi) is 2.93. The third kappa shape index (κ3) is 2.03. The molecule has 6 nitrogen and oxygen atoms in total. The predicted molar refractivity (Wildman–Crippen MR) is 93.0 cm³/mol. The van der Waals surface area contributed by atoms with Crippen molar-refractivity contribution in [3.05, 3.63) is 48.8 Å². The lowest BCUT2D eigenvalue weighted by atomic mass is 10.1. The molecule has 24 heavy (non-hydrogen) atoms. The van der Waals surface area contributed by atoms with Crippen molar-refractivity contribution in [2.24, 2.45) is 0 Å². The first-order chi connectivity index (χ1) is 11.8. The number of imidazole rings is 1. The van der Waals surface area contributed by atoms with Gasteiger partial charge in [-0.2, -0.15) is 5.10 Å². The fourth-order valence-electron chi connectivity index (χ4n) is 3.48. The van der Waals surface area contributed by atoms with Gasteiger partial charge in [-0.25, -0.2) is 4.98 Å². The zero-order valence-corrected chi connectivity index (χ0v) is 13.5. The van der Waals surface area contributed by atoms with E-state index in [2.05, 4.69) is 48.7 Å². The zero-order chi connectivity index (χ0) is 16.1. The Hall–Kier alpha value is -2.73. The molecule has 0 aromatic carbocycles. The van der Waals surface area contributed by atoms with Crippen molar-refractivity contribution in [2.75, 3.05) is 13.1 Å². The molecule has 4 aromatic rings. The van der Waals surface area contributed by atoms with Crippen LogP contribution >= 0.6 is 0 Å². The van der Waals surface area contributed by atoms with Gasteiger partial charge in [0.25, 0.3) is 0 Å². The molecule has 0 amide bonds. The lowest BCUT2D eigenvalue weighted by molar-refractivity contribution is 0.491. The van der Waals surface area contributed by atoms with Crippen molar-refractivity contribution in [3.8, 4) is 11.1 Å². The molecular formula is C18H18N6. The molecule has 0 radical (unpaired) electrons. The Bertz CT molecular complexity index is 1040. The number of hydrogen-bond donors (Lipinski definition) is 1. The van der Waals surface area contributed by atoms with E-state index in [1.54, 1.807) is 0 Å². The zero-order valence-electron chi connectivity index (χ0n) is 13.5. The molecule has 0 saturated carbocycles. The SMILES string of the molecule is Cc1cnc2c3cc(-c4cnn([C@H]5CCNC5)c4)cnc3ccn12. The van der Waals surface area contributed by atoms with E-state index in [1.165, 1.54) is 0 Å². The number of nitrogens with zero attached hydrogens (tertiary/aromatic N) is 5. The number of pyridine rings is 2. The lowest BCUT2D eigenvalue weighted by Crippen LogP contribution is -2.13. The molecular weight excluding hydrogens is 300 g/mol. The highest BCUT2D eigenvalue weighted by Gasteiger charge is 2.17. The maximum Gasteiger partial charge on any atom is 0.146 e. The number of nitrogens with one attached hydrogen (secondary N) is 1. The molecule has 1 fully saturated rings. The molecule has 1 aliphatic rings. The molecule has 1 N–H and O–H groups in total. The fraction of sp³-hybridized carbons (Fsp3) is 0.278. The van der Waals surface area contributed by atoms with Gasteiger partial charge in [0, 0.05) is 53.5 Å².